The van der Waals surface area contributed by atoms with Crippen LogP contribution in [0, 0.1) is 0 Å². The third kappa shape index (κ3) is 3.55. The molecule has 0 radical (unpaired) electrons. The standard InChI is InChI=1S/C9H16N2O/c1-9(2,10)7-11-5-8-3-4-12-6-8/h3-4,6,11H,5,7,10H2,1-2H3. The Balaban J connectivity index is 2.20. The van der Waals surface area contributed by atoms with Crippen molar-refractivity contribution >= 4 is 0 Å². The molecule has 68 valence electrons. The maximum absolute atomic E-state index is 5.79. The molecule has 3 N–H and O–H groups in total. The van der Waals surface area contributed by atoms with Crippen molar-refractivity contribution in [3.05, 3.63) is 24.2 Å². The molecule has 0 amide bonds. The lowest BCUT2D eigenvalue weighted by atomic mass is 10.1. The van der Waals surface area contributed by atoms with Crippen molar-refractivity contribution in [1.82, 2.24) is 5.32 Å². The Hall–Kier alpha value is -0.800. The number of hydrogen-bond donors (Lipinski definition) is 2. The molecule has 0 spiro atoms. The zero-order chi connectivity index (χ0) is 9.03. The van der Waals surface area contributed by atoms with E-state index in [1.54, 1.807) is 12.5 Å². The molecule has 0 saturated heterocycles. The second-order valence-corrected chi connectivity index (χ2v) is 3.72. The van der Waals surface area contributed by atoms with Gasteiger partial charge in [0.05, 0.1) is 12.5 Å². The van der Waals surface area contributed by atoms with Gasteiger partial charge in [0.15, 0.2) is 0 Å². The molecule has 12 heavy (non-hydrogen) atoms. The number of nitrogens with one attached hydrogen (secondary N) is 1. The summed E-state index contributed by atoms with van der Waals surface area (Å²) in [5.74, 6) is 0. The Bertz CT molecular complexity index is 211. The number of hydrogen-bond acceptors (Lipinski definition) is 3. The van der Waals surface area contributed by atoms with Crippen LogP contribution in [0.15, 0.2) is 23.0 Å². The summed E-state index contributed by atoms with van der Waals surface area (Å²) in [5.41, 5.74) is 6.79. The van der Waals surface area contributed by atoms with E-state index in [1.165, 1.54) is 0 Å². The van der Waals surface area contributed by atoms with Gasteiger partial charge in [-0.15, -0.1) is 0 Å². The van der Waals surface area contributed by atoms with Crippen LogP contribution in [0.25, 0.3) is 0 Å². The first-order valence-corrected chi connectivity index (χ1v) is 4.08. The predicted octanol–water partition coefficient (Wildman–Crippen LogP) is 1.11. The summed E-state index contributed by atoms with van der Waals surface area (Å²) in [6.45, 7) is 5.61. The Morgan fingerprint density at radius 2 is 2.33 bits per heavy atom. The lowest BCUT2D eigenvalue weighted by molar-refractivity contribution is 0.465. The molecule has 3 heteroatoms. The average Bonchev–Trinajstić information content (AvgIpc) is 2.36. The minimum atomic E-state index is -0.149. The van der Waals surface area contributed by atoms with Gasteiger partial charge in [0.1, 0.15) is 0 Å². The Kier molecular flexibility index (Phi) is 2.89. The molecular weight excluding hydrogens is 152 g/mol. The van der Waals surface area contributed by atoms with E-state index in [0.29, 0.717) is 0 Å². The van der Waals surface area contributed by atoms with Crippen molar-refractivity contribution in [3.63, 3.8) is 0 Å². The average molecular weight is 168 g/mol. The van der Waals surface area contributed by atoms with Crippen molar-refractivity contribution < 1.29 is 4.42 Å². The van der Waals surface area contributed by atoms with E-state index < -0.39 is 0 Å². The maximum Gasteiger partial charge on any atom is 0.0947 e. The molecule has 1 heterocycles. The Morgan fingerprint density at radius 3 is 2.83 bits per heavy atom. The van der Waals surface area contributed by atoms with E-state index in [4.69, 9.17) is 10.2 Å². The number of nitrogens with two attached hydrogens (primary N) is 1. The summed E-state index contributed by atoms with van der Waals surface area (Å²) in [6.07, 6.45) is 3.40. The van der Waals surface area contributed by atoms with E-state index in [1.807, 2.05) is 19.9 Å². The molecule has 0 aliphatic rings. The molecular formula is C9H16N2O. The SMILES string of the molecule is CC(C)(N)CNCc1ccoc1. The smallest absolute Gasteiger partial charge is 0.0947 e. The van der Waals surface area contributed by atoms with Crippen LogP contribution in [0.3, 0.4) is 0 Å². The minimum absolute atomic E-state index is 0.149. The normalized spacial score (nSPS) is 11.9. The fraction of sp³-hybridized carbons (Fsp3) is 0.556. The van der Waals surface area contributed by atoms with Gasteiger partial charge in [-0.3, -0.25) is 0 Å². The fourth-order valence-electron chi connectivity index (χ4n) is 0.922. The Morgan fingerprint density at radius 1 is 1.58 bits per heavy atom. The van der Waals surface area contributed by atoms with Gasteiger partial charge >= 0.3 is 0 Å². The molecule has 3 nitrogen and oxygen atoms in total. The van der Waals surface area contributed by atoms with Crippen LogP contribution in [-0.4, -0.2) is 12.1 Å². The van der Waals surface area contributed by atoms with E-state index in [0.717, 1.165) is 18.7 Å². The van der Waals surface area contributed by atoms with Gasteiger partial charge in [-0.05, 0) is 19.9 Å². The van der Waals surface area contributed by atoms with Crippen LogP contribution < -0.4 is 11.1 Å². The van der Waals surface area contributed by atoms with Crippen LogP contribution in [-0.2, 0) is 6.54 Å². The second kappa shape index (κ2) is 3.74. The molecule has 0 saturated carbocycles. The quantitative estimate of drug-likeness (QED) is 0.708. The first-order chi connectivity index (χ1) is 5.58. The largest absolute Gasteiger partial charge is 0.472 e. The maximum atomic E-state index is 5.79. The molecule has 0 bridgehead atoms. The fourth-order valence-corrected chi connectivity index (χ4v) is 0.922. The van der Waals surface area contributed by atoms with E-state index in [9.17, 15) is 0 Å². The van der Waals surface area contributed by atoms with Crippen LogP contribution in [0.4, 0.5) is 0 Å². The van der Waals surface area contributed by atoms with E-state index in [-0.39, 0.29) is 5.54 Å². The number of rotatable bonds is 4. The molecule has 1 rings (SSSR count). The van der Waals surface area contributed by atoms with E-state index >= 15 is 0 Å². The van der Waals surface area contributed by atoms with Crippen molar-refractivity contribution in [1.29, 1.82) is 0 Å². The third-order valence-corrected chi connectivity index (χ3v) is 1.49. The highest BCUT2D eigenvalue weighted by molar-refractivity contribution is 5.04. The zero-order valence-electron chi connectivity index (χ0n) is 7.63. The summed E-state index contributed by atoms with van der Waals surface area (Å²) >= 11 is 0. The van der Waals surface area contributed by atoms with Crippen molar-refractivity contribution in [2.24, 2.45) is 5.73 Å². The molecule has 0 atom stereocenters. The van der Waals surface area contributed by atoms with Gasteiger partial charge in [-0.2, -0.15) is 0 Å². The highest BCUT2D eigenvalue weighted by atomic mass is 16.3. The first kappa shape index (κ1) is 9.29. The second-order valence-electron chi connectivity index (χ2n) is 3.72. The first-order valence-electron chi connectivity index (χ1n) is 4.08. The van der Waals surface area contributed by atoms with Crippen LogP contribution in [0.2, 0.25) is 0 Å². The lowest BCUT2D eigenvalue weighted by Crippen LogP contribution is -2.42. The highest BCUT2D eigenvalue weighted by Gasteiger charge is 2.08. The van der Waals surface area contributed by atoms with Crippen molar-refractivity contribution in [2.75, 3.05) is 6.54 Å². The van der Waals surface area contributed by atoms with Gasteiger partial charge < -0.3 is 15.5 Å². The highest BCUT2D eigenvalue weighted by Crippen LogP contribution is 1.99. The molecule has 1 aromatic rings. The van der Waals surface area contributed by atoms with Gasteiger partial charge in [-0.1, -0.05) is 0 Å². The van der Waals surface area contributed by atoms with Crippen molar-refractivity contribution in [2.45, 2.75) is 25.9 Å². The predicted molar refractivity (Wildman–Crippen MR) is 48.7 cm³/mol. The van der Waals surface area contributed by atoms with Gasteiger partial charge in [0.25, 0.3) is 0 Å². The summed E-state index contributed by atoms with van der Waals surface area (Å²) in [7, 11) is 0. The summed E-state index contributed by atoms with van der Waals surface area (Å²) in [5, 5.41) is 3.24. The van der Waals surface area contributed by atoms with Crippen LogP contribution in [0.5, 0.6) is 0 Å². The Labute approximate surface area is 72.9 Å². The molecule has 0 unspecified atom stereocenters. The topological polar surface area (TPSA) is 51.2 Å². The summed E-state index contributed by atoms with van der Waals surface area (Å²) in [6, 6.07) is 1.94. The molecule has 1 aromatic heterocycles. The van der Waals surface area contributed by atoms with E-state index in [2.05, 4.69) is 5.32 Å². The number of furan rings is 1. The lowest BCUT2D eigenvalue weighted by Gasteiger charge is -2.18. The monoisotopic (exact) mass is 168 g/mol. The molecule has 0 fully saturated rings. The third-order valence-electron chi connectivity index (χ3n) is 1.49. The van der Waals surface area contributed by atoms with Crippen LogP contribution in [0.1, 0.15) is 19.4 Å². The van der Waals surface area contributed by atoms with Crippen LogP contribution >= 0.6 is 0 Å². The van der Waals surface area contributed by atoms with Gasteiger partial charge in [0.2, 0.25) is 0 Å². The van der Waals surface area contributed by atoms with Gasteiger partial charge in [0, 0.05) is 24.2 Å². The van der Waals surface area contributed by atoms with Crippen molar-refractivity contribution in [3.8, 4) is 0 Å². The zero-order valence-corrected chi connectivity index (χ0v) is 7.63. The minimum Gasteiger partial charge on any atom is -0.472 e. The molecule has 0 aliphatic heterocycles. The summed E-state index contributed by atoms with van der Waals surface area (Å²) < 4.78 is 4.93. The summed E-state index contributed by atoms with van der Waals surface area (Å²) in [4.78, 5) is 0. The van der Waals surface area contributed by atoms with Gasteiger partial charge in [-0.25, -0.2) is 0 Å². The molecule has 0 aromatic carbocycles. The molecule has 0 aliphatic carbocycles.